The largest absolute Gasteiger partial charge is 0.416 e. The van der Waals surface area contributed by atoms with Crippen LogP contribution < -0.4 is 10.6 Å². The van der Waals surface area contributed by atoms with E-state index in [9.17, 15) is 22.8 Å². The van der Waals surface area contributed by atoms with E-state index < -0.39 is 11.7 Å². The molecule has 37 heavy (non-hydrogen) atoms. The van der Waals surface area contributed by atoms with E-state index in [1.165, 1.54) is 19.1 Å². The maximum Gasteiger partial charge on any atom is 0.416 e. The van der Waals surface area contributed by atoms with E-state index in [0.29, 0.717) is 35.2 Å². The Morgan fingerprint density at radius 2 is 1.54 bits per heavy atom. The molecule has 9 heteroatoms. The number of amides is 2. The van der Waals surface area contributed by atoms with E-state index >= 15 is 0 Å². The highest BCUT2D eigenvalue weighted by Gasteiger charge is 2.30. The van der Waals surface area contributed by atoms with Crippen molar-refractivity contribution in [2.45, 2.75) is 25.9 Å². The number of carbonyl (C=O) groups is 2. The highest BCUT2D eigenvalue weighted by atomic mass is 19.4. The van der Waals surface area contributed by atoms with Crippen LogP contribution in [0.1, 0.15) is 34.1 Å². The predicted molar refractivity (Wildman–Crippen MR) is 135 cm³/mol. The Labute approximate surface area is 211 Å². The smallest absolute Gasteiger partial charge is 0.322 e. The van der Waals surface area contributed by atoms with Gasteiger partial charge in [-0.2, -0.15) is 13.2 Å². The zero-order chi connectivity index (χ0) is 26.4. The molecule has 6 nitrogen and oxygen atoms in total. The topological polar surface area (TPSA) is 84.0 Å². The summed E-state index contributed by atoms with van der Waals surface area (Å²) in [5.41, 5.74) is 3.07. The second kappa shape index (κ2) is 11.0. The molecule has 4 rings (SSSR count). The van der Waals surface area contributed by atoms with Crippen LogP contribution >= 0.6 is 0 Å². The summed E-state index contributed by atoms with van der Waals surface area (Å²) >= 11 is 0. The Bertz CT molecular complexity index is 1400. The van der Waals surface area contributed by atoms with Crippen molar-refractivity contribution in [2.75, 3.05) is 10.6 Å². The number of hydrogen-bond donors (Lipinski definition) is 2. The molecule has 0 saturated carbocycles. The molecule has 4 aromatic rings. The minimum absolute atomic E-state index is 0.239. The Hall–Kier alpha value is -4.53. The highest BCUT2D eigenvalue weighted by molar-refractivity contribution is 6.08. The first kappa shape index (κ1) is 25.6. The fourth-order valence-corrected chi connectivity index (χ4v) is 3.75. The van der Waals surface area contributed by atoms with Crippen molar-refractivity contribution in [3.63, 3.8) is 0 Å². The number of anilines is 2. The monoisotopic (exact) mass is 504 g/mol. The van der Waals surface area contributed by atoms with Crippen LogP contribution in [0, 0.1) is 0 Å². The molecule has 0 radical (unpaired) electrons. The van der Waals surface area contributed by atoms with Gasteiger partial charge in [0.25, 0.3) is 5.91 Å². The van der Waals surface area contributed by atoms with E-state index in [1.54, 1.807) is 48.7 Å². The molecular formula is C28H23F3N4O2. The van der Waals surface area contributed by atoms with Gasteiger partial charge in [0.2, 0.25) is 11.9 Å². The summed E-state index contributed by atoms with van der Waals surface area (Å²) in [5.74, 6) is -0.342. The van der Waals surface area contributed by atoms with Gasteiger partial charge >= 0.3 is 6.18 Å². The summed E-state index contributed by atoms with van der Waals surface area (Å²) in [4.78, 5) is 32.5. The van der Waals surface area contributed by atoms with Gasteiger partial charge in [-0.25, -0.2) is 9.97 Å². The Balaban J connectivity index is 1.41. The van der Waals surface area contributed by atoms with Crippen molar-refractivity contribution in [1.82, 2.24) is 9.97 Å². The SMILES string of the molecule is CC(=O)Nc1nccc(CCc2ccc(NC(=O)c3ccccc3-c3ccc(C(F)(F)F)cc3)cc2)n1. The van der Waals surface area contributed by atoms with E-state index in [4.69, 9.17) is 0 Å². The minimum atomic E-state index is -4.42. The number of nitrogens with one attached hydrogen (secondary N) is 2. The lowest BCUT2D eigenvalue weighted by Gasteiger charge is -2.12. The molecule has 0 unspecified atom stereocenters. The van der Waals surface area contributed by atoms with Crippen LogP contribution in [0.3, 0.4) is 0 Å². The van der Waals surface area contributed by atoms with Crippen molar-refractivity contribution in [1.29, 1.82) is 0 Å². The van der Waals surface area contributed by atoms with Crippen molar-refractivity contribution in [2.24, 2.45) is 0 Å². The van der Waals surface area contributed by atoms with Gasteiger partial charge in [0, 0.05) is 30.1 Å². The van der Waals surface area contributed by atoms with Crippen molar-refractivity contribution in [3.05, 3.63) is 107 Å². The summed E-state index contributed by atoms with van der Waals surface area (Å²) in [6.45, 7) is 1.39. The number of hydrogen-bond acceptors (Lipinski definition) is 4. The lowest BCUT2D eigenvalue weighted by atomic mass is 9.98. The van der Waals surface area contributed by atoms with E-state index in [2.05, 4.69) is 20.6 Å². The fourth-order valence-electron chi connectivity index (χ4n) is 3.75. The summed E-state index contributed by atoms with van der Waals surface area (Å²) in [7, 11) is 0. The fraction of sp³-hybridized carbons (Fsp3) is 0.143. The Kier molecular flexibility index (Phi) is 7.62. The molecule has 2 amide bonds. The van der Waals surface area contributed by atoms with Gasteiger partial charge in [0.05, 0.1) is 5.56 Å². The lowest BCUT2D eigenvalue weighted by Crippen LogP contribution is -2.13. The van der Waals surface area contributed by atoms with Gasteiger partial charge in [0.15, 0.2) is 0 Å². The predicted octanol–water partition coefficient (Wildman–Crippen LogP) is 6.16. The van der Waals surface area contributed by atoms with Gasteiger partial charge in [0.1, 0.15) is 0 Å². The zero-order valence-corrected chi connectivity index (χ0v) is 19.8. The number of alkyl halides is 3. The molecule has 0 bridgehead atoms. The Morgan fingerprint density at radius 3 is 2.22 bits per heavy atom. The first-order valence-electron chi connectivity index (χ1n) is 11.5. The molecule has 2 N–H and O–H groups in total. The van der Waals surface area contributed by atoms with Crippen molar-refractivity contribution >= 4 is 23.5 Å². The molecule has 1 aromatic heterocycles. The van der Waals surface area contributed by atoms with Gasteiger partial charge in [-0.15, -0.1) is 0 Å². The van der Waals surface area contributed by atoms with Crippen LogP contribution in [0.2, 0.25) is 0 Å². The average Bonchev–Trinajstić information content (AvgIpc) is 2.88. The van der Waals surface area contributed by atoms with Crippen LogP contribution in [0.25, 0.3) is 11.1 Å². The molecule has 0 saturated heterocycles. The first-order chi connectivity index (χ1) is 17.7. The molecule has 0 fully saturated rings. The van der Waals surface area contributed by atoms with Gasteiger partial charge < -0.3 is 5.32 Å². The summed E-state index contributed by atoms with van der Waals surface area (Å²) in [6, 6.07) is 20.7. The molecule has 0 aliphatic carbocycles. The summed E-state index contributed by atoms with van der Waals surface area (Å²) in [6.07, 6.45) is -1.50. The second-order valence-electron chi connectivity index (χ2n) is 8.32. The quantitative estimate of drug-likeness (QED) is 0.316. The number of benzene rings is 3. The van der Waals surface area contributed by atoms with Crippen LogP contribution in [-0.2, 0) is 23.8 Å². The molecule has 188 valence electrons. The third kappa shape index (κ3) is 6.78. The molecule has 1 heterocycles. The maximum atomic E-state index is 13.0. The standard InChI is InChI=1S/C28H23F3N4O2/c1-18(36)33-27-32-17-16-23(35-27)15-8-19-6-13-22(14-7-19)34-26(37)25-5-3-2-4-24(25)20-9-11-21(12-10-20)28(29,30)31/h2-7,9-14,16-17H,8,15H2,1H3,(H,34,37)(H,32,33,35,36). The van der Waals surface area contributed by atoms with Crippen LogP contribution in [0.5, 0.6) is 0 Å². The normalized spacial score (nSPS) is 11.1. The summed E-state index contributed by atoms with van der Waals surface area (Å²) < 4.78 is 38.7. The first-order valence-corrected chi connectivity index (χ1v) is 11.5. The Morgan fingerprint density at radius 1 is 0.838 bits per heavy atom. The minimum Gasteiger partial charge on any atom is -0.322 e. The maximum absolute atomic E-state index is 13.0. The van der Waals surface area contributed by atoms with E-state index in [1.807, 2.05) is 12.1 Å². The molecular weight excluding hydrogens is 481 g/mol. The summed E-state index contributed by atoms with van der Waals surface area (Å²) in [5, 5.41) is 5.41. The average molecular weight is 505 g/mol. The molecule has 0 atom stereocenters. The molecule has 0 aliphatic rings. The van der Waals surface area contributed by atoms with Gasteiger partial charge in [-0.1, -0.05) is 42.5 Å². The number of aromatic nitrogens is 2. The van der Waals surface area contributed by atoms with E-state index in [-0.39, 0.29) is 17.8 Å². The number of rotatable bonds is 7. The van der Waals surface area contributed by atoms with Gasteiger partial charge in [-0.05, 0) is 65.9 Å². The van der Waals surface area contributed by atoms with Crippen LogP contribution in [0.15, 0.2) is 85.1 Å². The molecule has 3 aromatic carbocycles. The van der Waals surface area contributed by atoms with Crippen molar-refractivity contribution in [3.8, 4) is 11.1 Å². The molecule has 0 spiro atoms. The number of nitrogens with zero attached hydrogens (tertiary/aromatic N) is 2. The lowest BCUT2D eigenvalue weighted by molar-refractivity contribution is -0.137. The third-order valence-corrected chi connectivity index (χ3v) is 5.58. The van der Waals surface area contributed by atoms with Crippen LogP contribution in [-0.4, -0.2) is 21.8 Å². The number of carbonyl (C=O) groups excluding carboxylic acids is 2. The third-order valence-electron chi connectivity index (χ3n) is 5.58. The number of halogens is 3. The van der Waals surface area contributed by atoms with Crippen molar-refractivity contribution < 1.29 is 22.8 Å². The zero-order valence-electron chi connectivity index (χ0n) is 19.8. The highest BCUT2D eigenvalue weighted by Crippen LogP contribution is 2.32. The van der Waals surface area contributed by atoms with Crippen LogP contribution in [0.4, 0.5) is 24.8 Å². The second-order valence-corrected chi connectivity index (χ2v) is 8.32. The van der Waals surface area contributed by atoms with Gasteiger partial charge in [-0.3, -0.25) is 14.9 Å². The molecule has 0 aliphatic heterocycles. The number of aryl methyl sites for hydroxylation is 2. The van der Waals surface area contributed by atoms with E-state index in [0.717, 1.165) is 23.4 Å².